The molecule has 1 atom stereocenters. The van der Waals surface area contributed by atoms with E-state index in [1.54, 1.807) is 0 Å². The first kappa shape index (κ1) is 12.4. The molecule has 2 heteroatoms. The van der Waals surface area contributed by atoms with E-state index < -0.39 is 0 Å². The van der Waals surface area contributed by atoms with Crippen LogP contribution in [0.2, 0.25) is 0 Å². The smallest absolute Gasteiger partial charge is 0.0699 e. The van der Waals surface area contributed by atoms with Gasteiger partial charge >= 0.3 is 0 Å². The Kier molecular flexibility index (Phi) is 4.26. The summed E-state index contributed by atoms with van der Waals surface area (Å²) in [4.78, 5) is 0. The molecule has 2 nitrogen and oxygen atoms in total. The molecule has 0 amide bonds. The standard InChI is InChI=1S/C14H27NO/c1-14(2)8-6-12(7-9-14)15-11-13-5-3-4-10-16-13/h12-13,15H,3-11H2,1-2H3. The molecular formula is C14H27NO. The summed E-state index contributed by atoms with van der Waals surface area (Å²) < 4.78 is 5.75. The van der Waals surface area contributed by atoms with E-state index in [1.807, 2.05) is 0 Å². The summed E-state index contributed by atoms with van der Waals surface area (Å²) in [7, 11) is 0. The Bertz CT molecular complexity index is 199. The minimum atomic E-state index is 0.490. The first-order valence-electron chi connectivity index (χ1n) is 7.01. The average Bonchev–Trinajstić information content (AvgIpc) is 2.29. The van der Waals surface area contributed by atoms with E-state index in [-0.39, 0.29) is 0 Å². The maximum atomic E-state index is 5.75. The second kappa shape index (κ2) is 5.50. The summed E-state index contributed by atoms with van der Waals surface area (Å²) in [5, 5.41) is 3.70. The van der Waals surface area contributed by atoms with Gasteiger partial charge in [-0.1, -0.05) is 13.8 Å². The van der Waals surface area contributed by atoms with Gasteiger partial charge in [-0.2, -0.15) is 0 Å². The van der Waals surface area contributed by atoms with Crippen LogP contribution >= 0.6 is 0 Å². The van der Waals surface area contributed by atoms with Crippen molar-refractivity contribution in [1.82, 2.24) is 5.32 Å². The molecule has 0 radical (unpaired) electrons. The molecule has 94 valence electrons. The van der Waals surface area contributed by atoms with Crippen LogP contribution in [0.15, 0.2) is 0 Å². The summed E-state index contributed by atoms with van der Waals surface area (Å²) in [6.07, 6.45) is 9.79. The molecule has 1 saturated heterocycles. The van der Waals surface area contributed by atoms with Crippen LogP contribution in [0.4, 0.5) is 0 Å². The number of hydrogen-bond acceptors (Lipinski definition) is 2. The van der Waals surface area contributed by atoms with E-state index >= 15 is 0 Å². The second-order valence-corrected chi connectivity index (χ2v) is 6.34. The average molecular weight is 225 g/mol. The molecule has 2 rings (SSSR count). The Balaban J connectivity index is 1.63. The van der Waals surface area contributed by atoms with Gasteiger partial charge in [-0.15, -0.1) is 0 Å². The number of hydrogen-bond donors (Lipinski definition) is 1. The fraction of sp³-hybridized carbons (Fsp3) is 1.00. The highest BCUT2D eigenvalue weighted by Crippen LogP contribution is 2.34. The highest BCUT2D eigenvalue weighted by Gasteiger charge is 2.27. The molecule has 0 aromatic heterocycles. The zero-order chi connectivity index (χ0) is 11.4. The van der Waals surface area contributed by atoms with Gasteiger partial charge in [-0.3, -0.25) is 0 Å². The van der Waals surface area contributed by atoms with Crippen molar-refractivity contribution in [2.45, 2.75) is 70.9 Å². The van der Waals surface area contributed by atoms with Crippen molar-refractivity contribution in [1.29, 1.82) is 0 Å². The van der Waals surface area contributed by atoms with Crippen LogP contribution < -0.4 is 5.32 Å². The van der Waals surface area contributed by atoms with Crippen molar-refractivity contribution in [3.8, 4) is 0 Å². The normalized spacial score (nSPS) is 31.5. The SMILES string of the molecule is CC1(C)CCC(NCC2CCCCO2)CC1. The highest BCUT2D eigenvalue weighted by molar-refractivity contribution is 4.83. The third-order valence-corrected chi connectivity index (χ3v) is 4.25. The molecule has 1 aliphatic carbocycles. The van der Waals surface area contributed by atoms with Crippen molar-refractivity contribution >= 4 is 0 Å². The van der Waals surface area contributed by atoms with Gasteiger partial charge in [0.25, 0.3) is 0 Å². The van der Waals surface area contributed by atoms with Gasteiger partial charge in [0.15, 0.2) is 0 Å². The maximum Gasteiger partial charge on any atom is 0.0699 e. The Hall–Kier alpha value is -0.0800. The van der Waals surface area contributed by atoms with Crippen LogP contribution in [0, 0.1) is 5.41 Å². The molecule has 1 saturated carbocycles. The lowest BCUT2D eigenvalue weighted by molar-refractivity contribution is 0.0138. The molecule has 16 heavy (non-hydrogen) atoms. The largest absolute Gasteiger partial charge is 0.377 e. The monoisotopic (exact) mass is 225 g/mol. The topological polar surface area (TPSA) is 21.3 Å². The summed E-state index contributed by atoms with van der Waals surface area (Å²) in [6.45, 7) is 6.84. The van der Waals surface area contributed by atoms with Gasteiger partial charge in [-0.05, 0) is 50.4 Å². The fourth-order valence-electron chi connectivity index (χ4n) is 2.87. The van der Waals surface area contributed by atoms with E-state index in [1.165, 1.54) is 44.9 Å². The predicted octanol–water partition coefficient (Wildman–Crippen LogP) is 3.11. The molecule has 0 aromatic carbocycles. The lowest BCUT2D eigenvalue weighted by atomic mass is 9.75. The zero-order valence-electron chi connectivity index (χ0n) is 10.9. The number of rotatable bonds is 3. The molecule has 1 heterocycles. The van der Waals surface area contributed by atoms with Gasteiger partial charge in [0, 0.05) is 19.2 Å². The van der Waals surface area contributed by atoms with Crippen molar-refractivity contribution in [2.24, 2.45) is 5.41 Å². The minimum Gasteiger partial charge on any atom is -0.377 e. The molecule has 0 spiro atoms. The van der Waals surface area contributed by atoms with E-state index in [9.17, 15) is 0 Å². The van der Waals surface area contributed by atoms with Crippen molar-refractivity contribution in [3.05, 3.63) is 0 Å². The minimum absolute atomic E-state index is 0.490. The predicted molar refractivity (Wildman–Crippen MR) is 67.6 cm³/mol. The van der Waals surface area contributed by atoms with Crippen LogP contribution in [0.3, 0.4) is 0 Å². The second-order valence-electron chi connectivity index (χ2n) is 6.34. The van der Waals surface area contributed by atoms with Gasteiger partial charge in [0.05, 0.1) is 6.10 Å². The van der Waals surface area contributed by atoms with Gasteiger partial charge in [-0.25, -0.2) is 0 Å². The van der Waals surface area contributed by atoms with Crippen LogP contribution in [0.25, 0.3) is 0 Å². The molecule has 2 fully saturated rings. The fourth-order valence-corrected chi connectivity index (χ4v) is 2.87. The molecule has 1 unspecified atom stereocenters. The van der Waals surface area contributed by atoms with E-state index in [4.69, 9.17) is 4.74 Å². The van der Waals surface area contributed by atoms with Gasteiger partial charge in [0.2, 0.25) is 0 Å². The molecule has 1 aliphatic heterocycles. The lowest BCUT2D eigenvalue weighted by Gasteiger charge is -2.35. The maximum absolute atomic E-state index is 5.75. The third kappa shape index (κ3) is 3.74. The molecule has 0 bridgehead atoms. The zero-order valence-corrected chi connectivity index (χ0v) is 10.9. The lowest BCUT2D eigenvalue weighted by Crippen LogP contribution is -2.41. The summed E-state index contributed by atoms with van der Waals surface area (Å²) in [6, 6.07) is 0.749. The van der Waals surface area contributed by atoms with Crippen LogP contribution in [0.5, 0.6) is 0 Å². The van der Waals surface area contributed by atoms with Crippen molar-refractivity contribution in [3.63, 3.8) is 0 Å². The number of nitrogens with one attached hydrogen (secondary N) is 1. The molecule has 0 aromatic rings. The first-order valence-corrected chi connectivity index (χ1v) is 7.01. The molecular weight excluding hydrogens is 198 g/mol. The molecule has 2 aliphatic rings. The van der Waals surface area contributed by atoms with E-state index in [2.05, 4.69) is 19.2 Å². The van der Waals surface area contributed by atoms with Crippen LogP contribution in [-0.4, -0.2) is 25.3 Å². The van der Waals surface area contributed by atoms with Crippen LogP contribution in [0.1, 0.15) is 58.8 Å². The highest BCUT2D eigenvalue weighted by atomic mass is 16.5. The quantitative estimate of drug-likeness (QED) is 0.797. The Morgan fingerprint density at radius 3 is 2.50 bits per heavy atom. The summed E-state index contributed by atoms with van der Waals surface area (Å²) in [5.41, 5.74) is 0.583. The summed E-state index contributed by atoms with van der Waals surface area (Å²) in [5.74, 6) is 0. The Labute approximate surface area is 100 Å². The molecule has 1 N–H and O–H groups in total. The van der Waals surface area contributed by atoms with Crippen molar-refractivity contribution in [2.75, 3.05) is 13.2 Å². The van der Waals surface area contributed by atoms with Crippen LogP contribution in [-0.2, 0) is 4.74 Å². The first-order chi connectivity index (χ1) is 7.66. The van der Waals surface area contributed by atoms with E-state index in [0.717, 1.165) is 19.2 Å². The number of ether oxygens (including phenoxy) is 1. The van der Waals surface area contributed by atoms with E-state index in [0.29, 0.717) is 11.5 Å². The Morgan fingerprint density at radius 1 is 1.12 bits per heavy atom. The van der Waals surface area contributed by atoms with Crippen molar-refractivity contribution < 1.29 is 4.74 Å². The third-order valence-electron chi connectivity index (χ3n) is 4.25. The summed E-state index contributed by atoms with van der Waals surface area (Å²) >= 11 is 0. The Morgan fingerprint density at radius 2 is 1.88 bits per heavy atom. The van der Waals surface area contributed by atoms with Gasteiger partial charge in [0.1, 0.15) is 0 Å². The van der Waals surface area contributed by atoms with Gasteiger partial charge < -0.3 is 10.1 Å².